The quantitative estimate of drug-likeness (QED) is 0.208. The highest BCUT2D eigenvalue weighted by atomic mass is 16.3. The normalized spacial score (nSPS) is 11.4. The monoisotopic (exact) mass is 621 g/mol. The summed E-state index contributed by atoms with van der Waals surface area (Å²) in [6.07, 6.45) is 1.98. The number of aryl methyl sites for hydroxylation is 4. The third kappa shape index (κ3) is 5.03. The number of phenolic OH excluding ortho intramolecular Hbond substituents is 1. The van der Waals surface area contributed by atoms with E-state index in [-0.39, 0.29) is 5.75 Å². The number of benzene rings is 6. The third-order valence-corrected chi connectivity index (χ3v) is 9.21. The van der Waals surface area contributed by atoms with Crippen LogP contribution >= 0.6 is 0 Å². The Bertz CT molecular complexity index is 2490. The lowest BCUT2D eigenvalue weighted by atomic mass is 9.94. The largest absolute Gasteiger partial charge is 0.507 e. The molecule has 0 bridgehead atoms. The van der Waals surface area contributed by atoms with Crippen molar-refractivity contribution in [3.8, 4) is 56.2 Å². The molecule has 48 heavy (non-hydrogen) atoms. The Morgan fingerprint density at radius 3 is 1.94 bits per heavy atom. The van der Waals surface area contributed by atoms with Gasteiger partial charge in [0.1, 0.15) is 11.6 Å². The predicted octanol–water partition coefficient (Wildman–Crippen LogP) is 11.2. The summed E-state index contributed by atoms with van der Waals surface area (Å²) in [7, 11) is 0. The maximum absolute atomic E-state index is 11.0. The Morgan fingerprint density at radius 1 is 0.521 bits per heavy atom. The van der Waals surface area contributed by atoms with Gasteiger partial charge in [0.05, 0.1) is 27.8 Å². The molecular weight excluding hydrogens is 587 g/mol. The number of phenols is 1. The van der Waals surface area contributed by atoms with Crippen LogP contribution in [0.15, 0.2) is 134 Å². The molecule has 0 spiro atoms. The van der Waals surface area contributed by atoms with Gasteiger partial charge in [0, 0.05) is 28.3 Å². The molecule has 2 heterocycles. The summed E-state index contributed by atoms with van der Waals surface area (Å²) < 4.78 is 2.21. The zero-order chi connectivity index (χ0) is 32.9. The minimum atomic E-state index is 0.203. The maximum Gasteiger partial charge on any atom is 0.149 e. The molecule has 8 rings (SSSR count). The number of rotatable bonds is 5. The van der Waals surface area contributed by atoms with Gasteiger partial charge < -0.3 is 5.11 Å². The third-order valence-electron chi connectivity index (χ3n) is 9.21. The standard InChI is InChI=1S/C44H35N3O/c1-27-20-29(3)43(30(4)21-27)47-39-18-11-17-36(42(39)46-44(47)37-16-8-9-19-40(37)48)32-14-10-15-33(24-32)38-23-28(2)22-34-25-35(26-45-41(34)38)31-12-6-5-7-13-31/h5-26,48H,1-4H3. The van der Waals surface area contributed by atoms with Crippen LogP contribution in [0, 0.1) is 27.7 Å². The summed E-state index contributed by atoms with van der Waals surface area (Å²) in [5, 5.41) is 12.1. The molecule has 0 amide bonds. The summed E-state index contributed by atoms with van der Waals surface area (Å²) in [5.41, 5.74) is 15.9. The van der Waals surface area contributed by atoms with Crippen molar-refractivity contribution in [1.82, 2.24) is 14.5 Å². The SMILES string of the molecule is Cc1cc(C)c(-n2c(-c3ccccc3O)nc3c(-c4cccc(-c5cc(C)cc6cc(-c7ccccc7)cnc56)c4)cccc32)c(C)c1. The molecule has 0 atom stereocenters. The predicted molar refractivity (Wildman–Crippen MR) is 199 cm³/mol. The van der Waals surface area contributed by atoms with Gasteiger partial charge in [-0.2, -0.15) is 0 Å². The van der Waals surface area contributed by atoms with Crippen molar-refractivity contribution in [2.75, 3.05) is 0 Å². The second-order valence-corrected chi connectivity index (χ2v) is 12.8. The van der Waals surface area contributed by atoms with Crippen LogP contribution in [0.2, 0.25) is 0 Å². The lowest BCUT2D eigenvalue weighted by molar-refractivity contribution is 0.477. The molecule has 0 saturated carbocycles. The molecule has 0 fully saturated rings. The van der Waals surface area contributed by atoms with Gasteiger partial charge in [-0.25, -0.2) is 4.98 Å². The average Bonchev–Trinajstić information content (AvgIpc) is 3.47. The number of imidazole rings is 1. The number of pyridine rings is 1. The molecule has 2 aromatic heterocycles. The summed E-state index contributed by atoms with van der Waals surface area (Å²) in [6, 6.07) is 44.0. The van der Waals surface area contributed by atoms with E-state index >= 15 is 0 Å². The smallest absolute Gasteiger partial charge is 0.149 e. The molecule has 232 valence electrons. The van der Waals surface area contributed by atoms with E-state index in [1.165, 1.54) is 11.1 Å². The molecule has 8 aromatic rings. The van der Waals surface area contributed by atoms with E-state index < -0.39 is 0 Å². The number of para-hydroxylation sites is 2. The van der Waals surface area contributed by atoms with Crippen molar-refractivity contribution < 1.29 is 5.11 Å². The fraction of sp³-hybridized carbons (Fsp3) is 0.0909. The van der Waals surface area contributed by atoms with Crippen molar-refractivity contribution in [3.63, 3.8) is 0 Å². The molecule has 0 saturated heterocycles. The van der Waals surface area contributed by atoms with E-state index in [2.05, 4.69) is 129 Å². The minimum Gasteiger partial charge on any atom is -0.507 e. The molecule has 1 N–H and O–H groups in total. The van der Waals surface area contributed by atoms with Gasteiger partial charge >= 0.3 is 0 Å². The van der Waals surface area contributed by atoms with Gasteiger partial charge in [0.15, 0.2) is 0 Å². The van der Waals surface area contributed by atoms with Gasteiger partial charge in [-0.15, -0.1) is 0 Å². The van der Waals surface area contributed by atoms with Gasteiger partial charge in [-0.3, -0.25) is 9.55 Å². The number of nitrogens with zero attached hydrogens (tertiary/aromatic N) is 3. The number of hydrogen-bond donors (Lipinski definition) is 1. The van der Waals surface area contributed by atoms with Crippen molar-refractivity contribution in [2.24, 2.45) is 0 Å². The first kappa shape index (κ1) is 29.4. The first-order valence-electron chi connectivity index (χ1n) is 16.3. The van der Waals surface area contributed by atoms with E-state index in [1.54, 1.807) is 6.07 Å². The molecule has 0 radical (unpaired) electrons. The minimum absolute atomic E-state index is 0.203. The number of aromatic nitrogens is 3. The second kappa shape index (κ2) is 11.7. The van der Waals surface area contributed by atoms with Crippen molar-refractivity contribution in [1.29, 1.82) is 0 Å². The Labute approximate surface area is 280 Å². The zero-order valence-electron chi connectivity index (χ0n) is 27.5. The lowest BCUT2D eigenvalue weighted by Crippen LogP contribution is -2.03. The first-order chi connectivity index (χ1) is 23.4. The van der Waals surface area contributed by atoms with Crippen LogP contribution in [0.3, 0.4) is 0 Å². The fourth-order valence-electron chi connectivity index (χ4n) is 7.19. The zero-order valence-corrected chi connectivity index (χ0v) is 27.5. The highest BCUT2D eigenvalue weighted by Gasteiger charge is 2.22. The van der Waals surface area contributed by atoms with Crippen LogP contribution in [0.25, 0.3) is 72.4 Å². The number of aromatic hydroxyl groups is 1. The topological polar surface area (TPSA) is 50.9 Å². The Balaban J connectivity index is 1.32. The van der Waals surface area contributed by atoms with Crippen LogP contribution in [0.5, 0.6) is 5.75 Å². The molecule has 0 aliphatic carbocycles. The molecule has 0 unspecified atom stereocenters. The van der Waals surface area contributed by atoms with Crippen LogP contribution in [-0.2, 0) is 0 Å². The van der Waals surface area contributed by atoms with Gasteiger partial charge in [0.2, 0.25) is 0 Å². The summed E-state index contributed by atoms with van der Waals surface area (Å²) in [5.74, 6) is 0.916. The van der Waals surface area contributed by atoms with E-state index in [4.69, 9.17) is 9.97 Å². The molecule has 4 nitrogen and oxygen atoms in total. The number of fused-ring (bicyclic) bond motifs is 2. The Kier molecular flexibility index (Phi) is 7.14. The van der Waals surface area contributed by atoms with Gasteiger partial charge in [-0.1, -0.05) is 90.5 Å². The average molecular weight is 622 g/mol. The highest BCUT2D eigenvalue weighted by molar-refractivity contribution is 5.99. The molecular formula is C44H35N3O. The van der Waals surface area contributed by atoms with E-state index in [9.17, 15) is 5.11 Å². The summed E-state index contributed by atoms with van der Waals surface area (Å²) >= 11 is 0. The van der Waals surface area contributed by atoms with E-state index in [0.717, 1.165) is 72.1 Å². The first-order valence-corrected chi connectivity index (χ1v) is 16.3. The van der Waals surface area contributed by atoms with Crippen LogP contribution < -0.4 is 0 Å². The second-order valence-electron chi connectivity index (χ2n) is 12.8. The van der Waals surface area contributed by atoms with Crippen molar-refractivity contribution in [2.45, 2.75) is 27.7 Å². The van der Waals surface area contributed by atoms with Gasteiger partial charge in [0.25, 0.3) is 0 Å². The summed E-state index contributed by atoms with van der Waals surface area (Å²) in [4.78, 5) is 10.3. The lowest BCUT2D eigenvalue weighted by Gasteiger charge is -2.17. The van der Waals surface area contributed by atoms with Crippen molar-refractivity contribution in [3.05, 3.63) is 156 Å². The van der Waals surface area contributed by atoms with E-state index in [0.29, 0.717) is 11.4 Å². The molecule has 4 heteroatoms. The molecule has 0 aliphatic heterocycles. The fourth-order valence-corrected chi connectivity index (χ4v) is 7.19. The molecule has 0 aliphatic rings. The summed E-state index contributed by atoms with van der Waals surface area (Å²) in [6.45, 7) is 8.56. The maximum atomic E-state index is 11.0. The van der Waals surface area contributed by atoms with Gasteiger partial charge in [-0.05, 0) is 104 Å². The highest BCUT2D eigenvalue weighted by Crippen LogP contribution is 2.40. The van der Waals surface area contributed by atoms with Crippen LogP contribution in [-0.4, -0.2) is 19.6 Å². The van der Waals surface area contributed by atoms with E-state index in [1.807, 2.05) is 30.5 Å². The van der Waals surface area contributed by atoms with Crippen LogP contribution in [0.1, 0.15) is 22.3 Å². The van der Waals surface area contributed by atoms with Crippen molar-refractivity contribution >= 4 is 21.9 Å². The number of hydrogen-bond acceptors (Lipinski definition) is 3. The Hall–Kier alpha value is -6.00. The molecule has 6 aromatic carbocycles. The van der Waals surface area contributed by atoms with Crippen LogP contribution in [0.4, 0.5) is 0 Å². The Morgan fingerprint density at radius 2 is 1.17 bits per heavy atom.